The number of hydrogen-bond donors (Lipinski definition) is 2. The second kappa shape index (κ2) is 6.47. The minimum Gasteiger partial charge on any atom is -0.382 e. The molecule has 31 heavy (non-hydrogen) atoms. The number of aryl methyl sites for hydroxylation is 1. The molecule has 1 aliphatic rings. The van der Waals surface area contributed by atoms with Gasteiger partial charge in [-0.3, -0.25) is 19.3 Å². The van der Waals surface area contributed by atoms with Crippen LogP contribution >= 0.6 is 0 Å². The lowest BCUT2D eigenvalue weighted by atomic mass is 9.87. The highest BCUT2D eigenvalue weighted by Crippen LogP contribution is 2.36. The minimum atomic E-state index is -0.623. The average Bonchev–Trinajstić information content (AvgIpc) is 3.42. The summed E-state index contributed by atoms with van der Waals surface area (Å²) in [7, 11) is 1.72. The molecular formula is C19H17N11O. The fourth-order valence-electron chi connectivity index (χ4n) is 3.97. The number of hydrogen-bond acceptors (Lipinski definition) is 8. The predicted molar refractivity (Wildman–Crippen MR) is 109 cm³/mol. The van der Waals surface area contributed by atoms with E-state index < -0.39 is 5.54 Å². The molecule has 0 radical (unpaired) electrons. The van der Waals surface area contributed by atoms with E-state index >= 15 is 0 Å². The summed E-state index contributed by atoms with van der Waals surface area (Å²) in [6.45, 7) is 0.763. The van der Waals surface area contributed by atoms with Crippen molar-refractivity contribution in [3.63, 3.8) is 0 Å². The molecule has 1 aliphatic heterocycles. The Hall–Kier alpha value is -4.58. The highest BCUT2D eigenvalue weighted by molar-refractivity contribution is 5.83. The molecule has 5 heterocycles. The average molecular weight is 415 g/mol. The molecule has 0 spiro atoms. The summed E-state index contributed by atoms with van der Waals surface area (Å²) in [6.07, 6.45) is 8.99. The van der Waals surface area contributed by atoms with Crippen LogP contribution in [-0.2, 0) is 12.6 Å². The van der Waals surface area contributed by atoms with Crippen molar-refractivity contribution in [2.45, 2.75) is 12.0 Å². The van der Waals surface area contributed by atoms with E-state index in [-0.39, 0.29) is 17.8 Å². The van der Waals surface area contributed by atoms with Crippen LogP contribution in [0.15, 0.2) is 35.6 Å². The third kappa shape index (κ3) is 2.73. The van der Waals surface area contributed by atoms with E-state index in [1.165, 1.54) is 0 Å². The lowest BCUT2D eigenvalue weighted by Crippen LogP contribution is -2.60. The second-order valence-electron chi connectivity index (χ2n) is 7.62. The lowest BCUT2D eigenvalue weighted by Gasteiger charge is -2.46. The van der Waals surface area contributed by atoms with Gasteiger partial charge in [0.1, 0.15) is 11.2 Å². The molecule has 1 fully saturated rings. The van der Waals surface area contributed by atoms with Gasteiger partial charge in [-0.2, -0.15) is 20.7 Å². The van der Waals surface area contributed by atoms with Crippen molar-refractivity contribution >= 4 is 11.3 Å². The van der Waals surface area contributed by atoms with E-state index in [9.17, 15) is 10.1 Å². The molecule has 0 aliphatic carbocycles. The third-order valence-electron chi connectivity index (χ3n) is 5.51. The molecule has 0 atom stereocenters. The molecule has 5 rings (SSSR count). The summed E-state index contributed by atoms with van der Waals surface area (Å²) in [4.78, 5) is 18.6. The molecule has 3 N–H and O–H groups in total. The van der Waals surface area contributed by atoms with Crippen LogP contribution in [0.2, 0.25) is 0 Å². The van der Waals surface area contributed by atoms with Gasteiger partial charge in [0.15, 0.2) is 12.0 Å². The smallest absolute Gasteiger partial charge is 0.273 e. The minimum absolute atomic E-state index is 0.195. The van der Waals surface area contributed by atoms with Gasteiger partial charge in [-0.15, -0.1) is 0 Å². The first-order valence-electron chi connectivity index (χ1n) is 9.42. The van der Waals surface area contributed by atoms with Gasteiger partial charge < -0.3 is 10.6 Å². The summed E-state index contributed by atoms with van der Waals surface area (Å²) in [5, 5.41) is 29.8. The van der Waals surface area contributed by atoms with Crippen LogP contribution in [-0.4, -0.2) is 52.1 Å². The number of H-pyrrole nitrogens is 1. The van der Waals surface area contributed by atoms with Gasteiger partial charge in [0, 0.05) is 19.4 Å². The number of nitrogens with one attached hydrogen (secondary N) is 1. The number of nitrogens with two attached hydrogens (primary N) is 1. The van der Waals surface area contributed by atoms with Gasteiger partial charge in [0.25, 0.3) is 5.56 Å². The molecular weight excluding hydrogens is 398 g/mol. The first-order valence-corrected chi connectivity index (χ1v) is 9.42. The second-order valence-corrected chi connectivity index (χ2v) is 7.62. The van der Waals surface area contributed by atoms with E-state index in [0.717, 1.165) is 0 Å². The normalized spacial score (nSPS) is 14.9. The molecule has 4 aromatic heterocycles. The van der Waals surface area contributed by atoms with Crippen molar-refractivity contribution in [3.8, 4) is 34.8 Å². The predicted octanol–water partition coefficient (Wildman–Crippen LogP) is 0.274. The van der Waals surface area contributed by atoms with Crippen LogP contribution in [0, 0.1) is 22.8 Å². The topological polar surface area (TPSA) is 163 Å². The fourth-order valence-corrected chi connectivity index (χ4v) is 3.97. The third-order valence-corrected chi connectivity index (χ3v) is 5.51. The van der Waals surface area contributed by atoms with Crippen LogP contribution in [0.1, 0.15) is 6.42 Å². The molecule has 4 aromatic rings. The largest absolute Gasteiger partial charge is 0.382 e. The highest BCUT2D eigenvalue weighted by Gasteiger charge is 2.46. The van der Waals surface area contributed by atoms with Gasteiger partial charge in [0.05, 0.1) is 60.3 Å². The monoisotopic (exact) mass is 415 g/mol. The number of aromatic amines is 1. The number of aromatic nitrogens is 7. The molecule has 0 saturated carbocycles. The highest BCUT2D eigenvalue weighted by atomic mass is 16.1. The summed E-state index contributed by atoms with van der Waals surface area (Å²) >= 11 is 0. The summed E-state index contributed by atoms with van der Waals surface area (Å²) in [5.74, 6) is 0.238. The number of nitrogens with zero attached hydrogens (tertiary/aromatic N) is 9. The van der Waals surface area contributed by atoms with Crippen LogP contribution in [0.5, 0.6) is 0 Å². The SMILES string of the molecule is Cn1cc(-c2cn3nccc3c(-c3cn(C4(CC#N)CN(C#N)C4)nc3N)n2)c(=O)[nH]1. The maximum Gasteiger partial charge on any atom is 0.273 e. The summed E-state index contributed by atoms with van der Waals surface area (Å²) in [5.41, 5.74) is 7.98. The maximum absolute atomic E-state index is 12.3. The van der Waals surface area contributed by atoms with Crippen molar-refractivity contribution in [1.29, 1.82) is 10.5 Å². The Morgan fingerprint density at radius 2 is 2.06 bits per heavy atom. The van der Waals surface area contributed by atoms with Crippen LogP contribution in [0.3, 0.4) is 0 Å². The Morgan fingerprint density at radius 1 is 1.26 bits per heavy atom. The van der Waals surface area contributed by atoms with E-state index in [4.69, 9.17) is 16.0 Å². The molecule has 1 saturated heterocycles. The first kappa shape index (κ1) is 18.4. The van der Waals surface area contributed by atoms with Gasteiger partial charge in [0.2, 0.25) is 0 Å². The fraction of sp³-hybridized carbons (Fsp3) is 0.263. The quantitative estimate of drug-likeness (QED) is 0.449. The van der Waals surface area contributed by atoms with Crippen molar-refractivity contribution < 1.29 is 0 Å². The molecule has 12 heteroatoms. The van der Waals surface area contributed by atoms with E-state index in [1.54, 1.807) is 56.7 Å². The Bertz CT molecular complexity index is 1450. The van der Waals surface area contributed by atoms with Gasteiger partial charge in [-0.1, -0.05) is 0 Å². The van der Waals surface area contributed by atoms with Crippen LogP contribution < -0.4 is 11.3 Å². The number of nitriles is 2. The first-order chi connectivity index (χ1) is 14.9. The Morgan fingerprint density at radius 3 is 2.74 bits per heavy atom. The van der Waals surface area contributed by atoms with E-state index in [1.807, 2.05) is 0 Å². The lowest BCUT2D eigenvalue weighted by molar-refractivity contribution is 0.0507. The molecule has 0 unspecified atom stereocenters. The zero-order valence-corrected chi connectivity index (χ0v) is 16.5. The van der Waals surface area contributed by atoms with Crippen molar-refractivity contribution in [2.24, 2.45) is 7.05 Å². The number of likely N-dealkylation sites (tertiary alicyclic amines) is 1. The standard InChI is InChI=1S/C19H17N11O/c1-27-6-12(18(31)26-27)14-8-29-15(2-5-23-29)16(24-14)13-7-30(25-17(13)22)19(3-4-20)9-28(10-19)11-21/h2,5-8H,3,9-10H2,1H3,(H2,22,25)(H,26,31). The van der Waals surface area contributed by atoms with Gasteiger partial charge in [-0.05, 0) is 6.07 Å². The number of nitrogen functional groups attached to an aromatic ring is 1. The van der Waals surface area contributed by atoms with Gasteiger partial charge >= 0.3 is 0 Å². The summed E-state index contributed by atoms with van der Waals surface area (Å²) in [6, 6.07) is 3.97. The zero-order valence-electron chi connectivity index (χ0n) is 16.5. The Labute approximate surface area is 175 Å². The molecule has 12 nitrogen and oxygen atoms in total. The van der Waals surface area contributed by atoms with Crippen LogP contribution in [0.25, 0.3) is 28.0 Å². The molecule has 0 bridgehead atoms. The van der Waals surface area contributed by atoms with Gasteiger partial charge in [-0.25, -0.2) is 9.50 Å². The Balaban J connectivity index is 1.66. The zero-order chi connectivity index (χ0) is 21.8. The van der Waals surface area contributed by atoms with Crippen molar-refractivity contribution in [3.05, 3.63) is 41.2 Å². The van der Waals surface area contributed by atoms with Crippen LogP contribution in [0.4, 0.5) is 5.82 Å². The maximum atomic E-state index is 12.3. The number of fused-ring (bicyclic) bond motifs is 1. The molecule has 154 valence electrons. The molecule has 0 amide bonds. The van der Waals surface area contributed by atoms with Crippen molar-refractivity contribution in [2.75, 3.05) is 18.8 Å². The summed E-state index contributed by atoms with van der Waals surface area (Å²) < 4.78 is 4.85. The molecule has 0 aromatic carbocycles. The van der Waals surface area contributed by atoms with E-state index in [0.29, 0.717) is 41.1 Å². The Kier molecular flexibility index (Phi) is 3.85. The van der Waals surface area contributed by atoms with E-state index in [2.05, 4.69) is 27.6 Å². The number of rotatable bonds is 4. The number of anilines is 1. The van der Waals surface area contributed by atoms with Crippen molar-refractivity contribution in [1.82, 2.24) is 39.1 Å².